The van der Waals surface area contributed by atoms with Crippen molar-refractivity contribution in [1.29, 1.82) is 0 Å². The first-order valence-electron chi connectivity index (χ1n) is 9.11. The summed E-state index contributed by atoms with van der Waals surface area (Å²) in [6.45, 7) is 7.82. The van der Waals surface area contributed by atoms with Crippen molar-refractivity contribution >= 4 is 28.1 Å². The second-order valence-corrected chi connectivity index (χ2v) is 8.98. The quantitative estimate of drug-likeness (QED) is 0.657. The number of ether oxygens (including phenoxy) is 1. The van der Waals surface area contributed by atoms with E-state index in [9.17, 15) is 8.42 Å². The van der Waals surface area contributed by atoms with Crippen LogP contribution in [0.5, 0.6) is 5.75 Å². The van der Waals surface area contributed by atoms with Crippen molar-refractivity contribution in [3.8, 4) is 5.75 Å². The molecule has 0 bridgehead atoms. The second kappa shape index (κ2) is 10.7. The van der Waals surface area contributed by atoms with Crippen LogP contribution in [0.3, 0.4) is 0 Å². The van der Waals surface area contributed by atoms with Crippen molar-refractivity contribution in [3.05, 3.63) is 59.2 Å². The largest absolute Gasteiger partial charge is 0.492 e. The molecule has 1 atom stereocenters. The van der Waals surface area contributed by atoms with E-state index in [0.29, 0.717) is 12.3 Å². The third-order valence-electron chi connectivity index (χ3n) is 4.59. The molecule has 28 heavy (non-hydrogen) atoms. The number of hydrogen-bond donors (Lipinski definition) is 1. The topological polar surface area (TPSA) is 58.6 Å². The van der Waals surface area contributed by atoms with Crippen molar-refractivity contribution < 1.29 is 13.2 Å². The van der Waals surface area contributed by atoms with Crippen molar-refractivity contribution in [2.45, 2.75) is 33.2 Å². The SMILES string of the molecule is Cc1ccc(C)c(OCC(C)N(C)CCc2ccc(NS(C)(=O)=O)cc2)c1.Cl. The van der Waals surface area contributed by atoms with Gasteiger partial charge >= 0.3 is 0 Å². The average Bonchev–Trinajstić information content (AvgIpc) is 2.60. The lowest BCUT2D eigenvalue weighted by molar-refractivity contribution is 0.174. The van der Waals surface area contributed by atoms with Crippen molar-refractivity contribution in [2.24, 2.45) is 0 Å². The number of likely N-dealkylation sites (N-methyl/N-ethyl adjacent to an activating group) is 1. The molecule has 7 heteroatoms. The van der Waals surface area contributed by atoms with Gasteiger partial charge in [0.15, 0.2) is 0 Å². The number of hydrogen-bond acceptors (Lipinski definition) is 4. The molecule has 0 radical (unpaired) electrons. The fourth-order valence-corrected chi connectivity index (χ4v) is 3.24. The summed E-state index contributed by atoms with van der Waals surface area (Å²) in [5.41, 5.74) is 4.11. The van der Waals surface area contributed by atoms with Crippen LogP contribution >= 0.6 is 12.4 Å². The van der Waals surface area contributed by atoms with E-state index in [2.05, 4.69) is 55.6 Å². The summed E-state index contributed by atoms with van der Waals surface area (Å²) in [4.78, 5) is 2.27. The molecule has 2 rings (SSSR count). The van der Waals surface area contributed by atoms with E-state index in [4.69, 9.17) is 4.74 Å². The van der Waals surface area contributed by atoms with Crippen molar-refractivity contribution in [2.75, 3.05) is 31.2 Å². The Labute approximate surface area is 175 Å². The molecule has 0 aliphatic rings. The normalized spacial score (nSPS) is 12.4. The van der Waals surface area contributed by atoms with E-state index >= 15 is 0 Å². The Balaban J connectivity index is 0.00000392. The van der Waals surface area contributed by atoms with Gasteiger partial charge in [0.05, 0.1) is 6.26 Å². The Hall–Kier alpha value is -1.76. The van der Waals surface area contributed by atoms with Crippen LogP contribution in [-0.4, -0.2) is 45.8 Å². The van der Waals surface area contributed by atoms with Gasteiger partial charge in [-0.1, -0.05) is 24.3 Å². The number of rotatable bonds is 9. The molecular weight excluding hydrogens is 396 g/mol. The summed E-state index contributed by atoms with van der Waals surface area (Å²) in [7, 11) is -1.14. The third-order valence-corrected chi connectivity index (χ3v) is 5.19. The highest BCUT2D eigenvalue weighted by Crippen LogP contribution is 2.19. The minimum Gasteiger partial charge on any atom is -0.492 e. The van der Waals surface area contributed by atoms with E-state index in [-0.39, 0.29) is 18.4 Å². The Morgan fingerprint density at radius 2 is 1.75 bits per heavy atom. The average molecular weight is 427 g/mol. The zero-order valence-corrected chi connectivity index (χ0v) is 18.9. The Kier molecular flexibility index (Phi) is 9.27. The number of nitrogens with one attached hydrogen (secondary N) is 1. The molecule has 0 saturated heterocycles. The molecule has 0 saturated carbocycles. The molecule has 2 aromatic rings. The molecule has 0 amide bonds. The summed E-state index contributed by atoms with van der Waals surface area (Å²) < 4.78 is 31.0. The van der Waals surface area contributed by atoms with E-state index in [1.54, 1.807) is 12.1 Å². The highest BCUT2D eigenvalue weighted by atomic mass is 35.5. The summed E-state index contributed by atoms with van der Waals surface area (Å²) in [5.74, 6) is 0.948. The van der Waals surface area contributed by atoms with Crippen LogP contribution in [0.2, 0.25) is 0 Å². The molecule has 0 aliphatic heterocycles. The molecule has 5 nitrogen and oxygen atoms in total. The standard InChI is InChI=1S/C21H30N2O3S.ClH/c1-16-6-7-17(2)21(14-16)26-15-18(3)23(4)13-12-19-8-10-20(11-9-19)22-27(5,24)25;/h6-11,14,18,22H,12-13,15H2,1-5H3;1H. The zero-order chi connectivity index (χ0) is 20.0. The number of halogens is 1. The number of nitrogens with zero attached hydrogens (tertiary/aromatic N) is 1. The van der Waals surface area contributed by atoms with Gasteiger partial charge in [-0.2, -0.15) is 0 Å². The Bertz CT molecular complexity index is 854. The van der Waals surface area contributed by atoms with Gasteiger partial charge in [0, 0.05) is 18.3 Å². The molecule has 0 spiro atoms. The minimum atomic E-state index is -3.23. The van der Waals surface area contributed by atoms with Crippen LogP contribution in [-0.2, 0) is 16.4 Å². The molecule has 156 valence electrons. The maximum atomic E-state index is 11.2. The summed E-state index contributed by atoms with van der Waals surface area (Å²) in [5, 5.41) is 0. The molecule has 2 aromatic carbocycles. The maximum absolute atomic E-state index is 11.2. The van der Waals surface area contributed by atoms with Crippen LogP contribution in [0.1, 0.15) is 23.6 Å². The lowest BCUT2D eigenvalue weighted by atomic mass is 10.1. The summed E-state index contributed by atoms with van der Waals surface area (Å²) in [6.07, 6.45) is 2.04. The lowest BCUT2D eigenvalue weighted by Gasteiger charge is -2.25. The van der Waals surface area contributed by atoms with Crippen LogP contribution in [0, 0.1) is 13.8 Å². The number of anilines is 1. The zero-order valence-electron chi connectivity index (χ0n) is 17.2. The highest BCUT2D eigenvalue weighted by molar-refractivity contribution is 7.92. The van der Waals surface area contributed by atoms with Crippen molar-refractivity contribution in [1.82, 2.24) is 4.90 Å². The highest BCUT2D eigenvalue weighted by Gasteiger charge is 2.11. The molecule has 1 N–H and O–H groups in total. The Morgan fingerprint density at radius 3 is 2.36 bits per heavy atom. The first kappa shape index (κ1) is 24.3. The Morgan fingerprint density at radius 1 is 1.11 bits per heavy atom. The van der Waals surface area contributed by atoms with E-state index in [1.165, 1.54) is 11.1 Å². The first-order valence-corrected chi connectivity index (χ1v) is 11.0. The molecule has 0 aliphatic carbocycles. The van der Waals surface area contributed by atoms with Crippen molar-refractivity contribution in [3.63, 3.8) is 0 Å². The molecule has 0 fully saturated rings. The second-order valence-electron chi connectivity index (χ2n) is 7.23. The number of sulfonamides is 1. The summed E-state index contributed by atoms with van der Waals surface area (Å²) in [6, 6.07) is 14.0. The van der Waals surface area contributed by atoms with Gasteiger partial charge in [0.1, 0.15) is 12.4 Å². The van der Waals surface area contributed by atoms with Gasteiger partial charge in [-0.15, -0.1) is 12.4 Å². The predicted octanol–water partition coefficient (Wildman–Crippen LogP) is 4.04. The van der Waals surface area contributed by atoms with Crippen LogP contribution in [0.15, 0.2) is 42.5 Å². The molecule has 1 unspecified atom stereocenters. The van der Waals surface area contributed by atoms with Crippen LogP contribution < -0.4 is 9.46 Å². The van der Waals surface area contributed by atoms with Gasteiger partial charge in [-0.05, 0) is 69.1 Å². The summed E-state index contributed by atoms with van der Waals surface area (Å²) >= 11 is 0. The fourth-order valence-electron chi connectivity index (χ4n) is 2.68. The minimum absolute atomic E-state index is 0. The van der Waals surface area contributed by atoms with E-state index in [0.717, 1.165) is 30.5 Å². The molecule has 0 aromatic heterocycles. The first-order chi connectivity index (χ1) is 12.6. The smallest absolute Gasteiger partial charge is 0.229 e. The fraction of sp³-hybridized carbons (Fsp3) is 0.429. The predicted molar refractivity (Wildman–Crippen MR) is 119 cm³/mol. The van der Waals surface area contributed by atoms with Gasteiger partial charge in [-0.3, -0.25) is 9.62 Å². The molecular formula is C21H31ClN2O3S. The van der Waals surface area contributed by atoms with Crippen LogP contribution in [0.4, 0.5) is 5.69 Å². The number of benzene rings is 2. The van der Waals surface area contributed by atoms with E-state index < -0.39 is 10.0 Å². The van der Waals surface area contributed by atoms with E-state index in [1.807, 2.05) is 12.1 Å². The lowest BCUT2D eigenvalue weighted by Crippen LogP contribution is -2.35. The maximum Gasteiger partial charge on any atom is 0.229 e. The van der Waals surface area contributed by atoms with Gasteiger partial charge < -0.3 is 4.74 Å². The van der Waals surface area contributed by atoms with Gasteiger partial charge in [0.2, 0.25) is 10.0 Å². The van der Waals surface area contributed by atoms with Crippen LogP contribution in [0.25, 0.3) is 0 Å². The monoisotopic (exact) mass is 426 g/mol. The molecule has 0 heterocycles. The van der Waals surface area contributed by atoms with Gasteiger partial charge in [0.25, 0.3) is 0 Å². The number of aryl methyl sites for hydroxylation is 2. The van der Waals surface area contributed by atoms with Gasteiger partial charge in [-0.25, -0.2) is 8.42 Å². The third kappa shape index (κ3) is 8.09.